The molecule has 6 nitrogen and oxygen atoms in total. The number of benzene rings is 3. The van der Waals surface area contributed by atoms with Gasteiger partial charge in [0.25, 0.3) is 0 Å². The number of amides is 2. The lowest BCUT2D eigenvalue weighted by Crippen LogP contribution is -2.39. The zero-order valence-electron chi connectivity index (χ0n) is 21.5. The lowest BCUT2D eigenvalue weighted by molar-refractivity contribution is -0.137. The number of hydrogen-bond donors (Lipinski definition) is 1. The highest BCUT2D eigenvalue weighted by molar-refractivity contribution is 6.35. The molecule has 0 spiro atoms. The average Bonchev–Trinajstić information content (AvgIpc) is 2.90. The minimum atomic E-state index is -4.52. The van der Waals surface area contributed by atoms with Gasteiger partial charge >= 0.3 is 6.18 Å². The number of para-hydroxylation sites is 1. The fourth-order valence-electron chi connectivity index (χ4n) is 4.17. The van der Waals surface area contributed by atoms with Gasteiger partial charge in [-0.05, 0) is 42.8 Å². The third-order valence-corrected chi connectivity index (χ3v) is 6.89. The fourth-order valence-corrected chi connectivity index (χ4v) is 4.67. The highest BCUT2D eigenvalue weighted by Gasteiger charge is 2.30. The van der Waals surface area contributed by atoms with Gasteiger partial charge in [-0.3, -0.25) is 14.6 Å². The maximum Gasteiger partial charge on any atom is 0.416 e. The monoisotopic (exact) mass is 589 g/mol. The van der Waals surface area contributed by atoms with Crippen LogP contribution in [0.25, 0.3) is 10.9 Å². The molecule has 0 saturated carbocycles. The maximum absolute atomic E-state index is 13.1. The van der Waals surface area contributed by atoms with E-state index >= 15 is 0 Å². The van der Waals surface area contributed by atoms with Crippen LogP contribution in [0.15, 0.2) is 66.7 Å². The minimum absolute atomic E-state index is 0.0225. The number of likely N-dealkylation sites (N-methyl/N-ethyl adjacent to an activating group) is 1. The van der Waals surface area contributed by atoms with Gasteiger partial charge in [-0.2, -0.15) is 13.2 Å². The number of aromatic nitrogens is 1. The molecule has 1 aromatic heterocycles. The number of carbonyl (C=O) groups is 2. The summed E-state index contributed by atoms with van der Waals surface area (Å²) in [6, 6.07) is 16.9. The molecule has 4 rings (SSSR count). The number of ether oxygens (including phenoxy) is 1. The number of fused-ring (bicyclic) bond motifs is 1. The molecule has 0 fully saturated rings. The molecule has 11 heteroatoms. The van der Waals surface area contributed by atoms with Gasteiger partial charge in [0.1, 0.15) is 12.3 Å². The molecule has 4 aromatic rings. The van der Waals surface area contributed by atoms with E-state index in [0.717, 1.165) is 12.1 Å². The molecule has 0 atom stereocenters. The van der Waals surface area contributed by atoms with Crippen molar-refractivity contribution in [1.82, 2.24) is 10.3 Å². The molecule has 1 heterocycles. The predicted molar refractivity (Wildman–Crippen MR) is 149 cm³/mol. The summed E-state index contributed by atoms with van der Waals surface area (Å²) in [6.45, 7) is 1.36. The number of alkyl halides is 3. The van der Waals surface area contributed by atoms with Gasteiger partial charge in [0.15, 0.2) is 5.75 Å². The van der Waals surface area contributed by atoms with E-state index in [1.54, 1.807) is 25.1 Å². The summed E-state index contributed by atoms with van der Waals surface area (Å²) in [5.74, 6) is -0.706. The number of halogens is 5. The van der Waals surface area contributed by atoms with Crippen molar-refractivity contribution in [3.05, 3.63) is 99.2 Å². The summed E-state index contributed by atoms with van der Waals surface area (Å²) in [5, 5.41) is 3.99. The zero-order chi connectivity index (χ0) is 29.0. The van der Waals surface area contributed by atoms with Gasteiger partial charge in [-0.1, -0.05) is 59.6 Å². The van der Waals surface area contributed by atoms with Crippen LogP contribution in [0, 0.1) is 6.92 Å². The summed E-state index contributed by atoms with van der Waals surface area (Å²) in [4.78, 5) is 31.5. The second-order valence-corrected chi connectivity index (χ2v) is 9.80. The summed E-state index contributed by atoms with van der Waals surface area (Å²) in [5.41, 5.74) is 1.45. The van der Waals surface area contributed by atoms with Crippen molar-refractivity contribution in [2.45, 2.75) is 26.1 Å². The normalized spacial score (nSPS) is 11.4. The molecule has 0 bridgehead atoms. The van der Waals surface area contributed by atoms with Crippen LogP contribution in [0.5, 0.6) is 5.75 Å². The Morgan fingerprint density at radius 3 is 2.38 bits per heavy atom. The Bertz CT molecular complexity index is 1560. The van der Waals surface area contributed by atoms with Crippen LogP contribution < -0.4 is 15.0 Å². The Hall–Kier alpha value is -3.82. The molecule has 3 aromatic carbocycles. The van der Waals surface area contributed by atoms with E-state index in [4.69, 9.17) is 27.9 Å². The van der Waals surface area contributed by atoms with Crippen LogP contribution in [0.4, 0.5) is 18.9 Å². The number of anilines is 1. The van der Waals surface area contributed by atoms with Crippen molar-refractivity contribution in [1.29, 1.82) is 0 Å². The molecule has 0 saturated heterocycles. The molecule has 0 aliphatic carbocycles. The summed E-state index contributed by atoms with van der Waals surface area (Å²) < 4.78 is 45.2. The Kier molecular flexibility index (Phi) is 8.85. The summed E-state index contributed by atoms with van der Waals surface area (Å²) >= 11 is 12.6. The van der Waals surface area contributed by atoms with E-state index in [1.807, 2.05) is 24.3 Å². The van der Waals surface area contributed by atoms with E-state index in [9.17, 15) is 22.8 Å². The number of hydrogen-bond acceptors (Lipinski definition) is 4. The quantitative estimate of drug-likeness (QED) is 0.246. The molecule has 0 unspecified atom stereocenters. The number of pyridine rings is 1. The number of rotatable bonds is 8. The van der Waals surface area contributed by atoms with Gasteiger partial charge in [0.2, 0.25) is 11.8 Å². The SMILES string of the molecule is Cc1nc2ccccc2c(OCc2c(Cl)cccc2Cl)c1N(C)C(=O)CNC(=O)Cc1cccc(C(F)(F)F)c1. The highest BCUT2D eigenvalue weighted by Crippen LogP contribution is 2.39. The summed E-state index contributed by atoms with van der Waals surface area (Å²) in [6.07, 6.45) is -4.84. The van der Waals surface area contributed by atoms with Crippen molar-refractivity contribution >= 4 is 51.6 Å². The van der Waals surface area contributed by atoms with Gasteiger partial charge < -0.3 is 15.0 Å². The minimum Gasteiger partial charge on any atom is -0.486 e. The first-order valence-electron chi connectivity index (χ1n) is 12.1. The third-order valence-electron chi connectivity index (χ3n) is 6.18. The largest absolute Gasteiger partial charge is 0.486 e. The zero-order valence-corrected chi connectivity index (χ0v) is 23.0. The molecule has 0 radical (unpaired) electrons. The van der Waals surface area contributed by atoms with Crippen LogP contribution in [-0.4, -0.2) is 30.4 Å². The van der Waals surface area contributed by atoms with Crippen molar-refractivity contribution in [3.63, 3.8) is 0 Å². The fraction of sp³-hybridized carbons (Fsp3) is 0.207. The first-order valence-corrected chi connectivity index (χ1v) is 12.9. The van der Waals surface area contributed by atoms with Crippen LogP contribution in [0.3, 0.4) is 0 Å². The Balaban J connectivity index is 1.53. The predicted octanol–water partition coefficient (Wildman–Crippen LogP) is 6.77. The third kappa shape index (κ3) is 6.66. The first kappa shape index (κ1) is 29.2. The molecular weight excluding hydrogens is 566 g/mol. The van der Waals surface area contributed by atoms with Gasteiger partial charge in [-0.25, -0.2) is 0 Å². The molecule has 0 aliphatic heterocycles. The first-order chi connectivity index (χ1) is 19.0. The van der Waals surface area contributed by atoms with Crippen molar-refractivity contribution in [2.24, 2.45) is 0 Å². The number of nitrogens with zero attached hydrogens (tertiary/aromatic N) is 2. The van der Waals surface area contributed by atoms with Crippen LogP contribution >= 0.6 is 23.2 Å². The van der Waals surface area contributed by atoms with Gasteiger partial charge in [0.05, 0.1) is 29.7 Å². The van der Waals surface area contributed by atoms with E-state index in [-0.39, 0.29) is 18.6 Å². The topological polar surface area (TPSA) is 71.5 Å². The van der Waals surface area contributed by atoms with E-state index in [1.165, 1.54) is 24.1 Å². The van der Waals surface area contributed by atoms with E-state index < -0.39 is 30.1 Å². The second-order valence-electron chi connectivity index (χ2n) is 8.99. The Morgan fingerprint density at radius 2 is 1.68 bits per heavy atom. The molecule has 1 N–H and O–H groups in total. The van der Waals surface area contributed by atoms with Crippen molar-refractivity contribution in [3.8, 4) is 5.75 Å². The van der Waals surface area contributed by atoms with Crippen molar-refractivity contribution < 1.29 is 27.5 Å². The van der Waals surface area contributed by atoms with E-state index in [0.29, 0.717) is 43.6 Å². The van der Waals surface area contributed by atoms with Gasteiger partial charge in [-0.15, -0.1) is 0 Å². The molecule has 40 heavy (non-hydrogen) atoms. The second kappa shape index (κ2) is 12.1. The molecule has 208 valence electrons. The molecule has 2 amide bonds. The van der Waals surface area contributed by atoms with Crippen molar-refractivity contribution in [2.75, 3.05) is 18.5 Å². The molecular formula is C29H24Cl2F3N3O3. The standard InChI is InChI=1S/C29H24Cl2F3N3O3/c1-17-27(37(2)26(39)15-35-25(38)14-18-7-5-8-19(13-18)29(32,33)34)28(20-9-3-4-12-24(20)36-17)40-16-21-22(30)10-6-11-23(21)31/h3-13H,14-16H2,1-2H3,(H,35,38). The number of carbonyl (C=O) groups excluding carboxylic acids is 2. The van der Waals surface area contributed by atoms with Crippen LogP contribution in [0.1, 0.15) is 22.4 Å². The van der Waals surface area contributed by atoms with E-state index in [2.05, 4.69) is 10.3 Å². The Morgan fingerprint density at radius 1 is 1.00 bits per heavy atom. The summed E-state index contributed by atoms with van der Waals surface area (Å²) in [7, 11) is 1.52. The highest BCUT2D eigenvalue weighted by atomic mass is 35.5. The lowest BCUT2D eigenvalue weighted by Gasteiger charge is -2.24. The Labute approximate surface area is 238 Å². The van der Waals surface area contributed by atoms with Gasteiger partial charge in [0, 0.05) is 28.0 Å². The molecule has 0 aliphatic rings. The average molecular weight is 590 g/mol. The smallest absolute Gasteiger partial charge is 0.416 e. The lowest BCUT2D eigenvalue weighted by atomic mass is 10.1. The number of nitrogens with one attached hydrogen (secondary N) is 1. The maximum atomic E-state index is 13.1. The number of aryl methyl sites for hydroxylation is 1. The van der Waals surface area contributed by atoms with Crippen LogP contribution in [0.2, 0.25) is 10.0 Å². The van der Waals surface area contributed by atoms with Crippen LogP contribution in [-0.2, 0) is 28.8 Å².